The molecule has 0 aliphatic carbocycles. The van der Waals surface area contributed by atoms with Crippen molar-refractivity contribution in [3.63, 3.8) is 0 Å². The summed E-state index contributed by atoms with van der Waals surface area (Å²) in [5, 5.41) is 22.1. The zero-order valence-electron chi connectivity index (χ0n) is 13.4. The summed E-state index contributed by atoms with van der Waals surface area (Å²) in [5.74, 6) is -0.240. The number of carbonyl (C=O) groups excluding carboxylic acids is 1. The number of methoxy groups -OCH3 is 1. The predicted octanol–water partition coefficient (Wildman–Crippen LogP) is 3.73. The van der Waals surface area contributed by atoms with Crippen molar-refractivity contribution in [2.75, 3.05) is 12.4 Å². The Kier molecular flexibility index (Phi) is 4.59. The van der Waals surface area contributed by atoms with E-state index >= 15 is 0 Å². The lowest BCUT2D eigenvalue weighted by atomic mass is 10.1. The molecular formula is C17H12ClN3O5. The maximum atomic E-state index is 12.6. The molecule has 2 aromatic carbocycles. The van der Waals surface area contributed by atoms with E-state index in [4.69, 9.17) is 26.2 Å². The third kappa shape index (κ3) is 3.35. The van der Waals surface area contributed by atoms with Gasteiger partial charge in [-0.2, -0.15) is 0 Å². The molecule has 0 aliphatic heterocycles. The third-order valence-corrected chi connectivity index (χ3v) is 3.85. The SMILES string of the molecule is COc1ccc(Cl)cc1NC(=O)c1cc2cc([N+](=O)[O-])ccc2oc1=N. The van der Waals surface area contributed by atoms with E-state index in [-0.39, 0.29) is 22.4 Å². The monoisotopic (exact) mass is 373 g/mol. The van der Waals surface area contributed by atoms with Crippen molar-refractivity contribution in [1.82, 2.24) is 0 Å². The van der Waals surface area contributed by atoms with Gasteiger partial charge in [0.15, 0.2) is 0 Å². The quantitative estimate of drug-likeness (QED) is 0.533. The smallest absolute Gasteiger partial charge is 0.270 e. The number of amides is 1. The van der Waals surface area contributed by atoms with E-state index in [1.807, 2.05) is 0 Å². The molecule has 1 heterocycles. The number of nitrogens with zero attached hydrogens (tertiary/aromatic N) is 1. The summed E-state index contributed by atoms with van der Waals surface area (Å²) in [4.78, 5) is 22.9. The van der Waals surface area contributed by atoms with Gasteiger partial charge in [0.1, 0.15) is 16.9 Å². The van der Waals surface area contributed by atoms with Crippen LogP contribution in [0.2, 0.25) is 5.02 Å². The highest BCUT2D eigenvalue weighted by molar-refractivity contribution is 6.31. The summed E-state index contributed by atoms with van der Waals surface area (Å²) >= 11 is 5.93. The highest BCUT2D eigenvalue weighted by Gasteiger charge is 2.16. The Morgan fingerprint density at radius 3 is 2.73 bits per heavy atom. The van der Waals surface area contributed by atoms with Crippen LogP contribution in [0.5, 0.6) is 5.75 Å². The maximum absolute atomic E-state index is 12.6. The molecule has 0 atom stereocenters. The van der Waals surface area contributed by atoms with Crippen molar-refractivity contribution in [2.45, 2.75) is 0 Å². The van der Waals surface area contributed by atoms with Gasteiger partial charge in [-0.3, -0.25) is 20.3 Å². The molecule has 2 N–H and O–H groups in total. The van der Waals surface area contributed by atoms with Gasteiger partial charge in [0, 0.05) is 22.5 Å². The molecule has 0 aliphatic rings. The van der Waals surface area contributed by atoms with Gasteiger partial charge < -0.3 is 14.5 Å². The van der Waals surface area contributed by atoms with E-state index in [1.165, 1.54) is 37.4 Å². The minimum Gasteiger partial charge on any atom is -0.495 e. The van der Waals surface area contributed by atoms with Crippen molar-refractivity contribution >= 4 is 39.9 Å². The number of benzene rings is 2. The van der Waals surface area contributed by atoms with Gasteiger partial charge in [-0.1, -0.05) is 11.6 Å². The van der Waals surface area contributed by atoms with Crippen molar-refractivity contribution < 1.29 is 18.9 Å². The molecule has 0 saturated carbocycles. The molecule has 1 aromatic heterocycles. The van der Waals surface area contributed by atoms with Gasteiger partial charge in [-0.25, -0.2) is 0 Å². The van der Waals surface area contributed by atoms with Crippen LogP contribution in [0.1, 0.15) is 10.4 Å². The number of non-ortho nitro benzene ring substituents is 1. The van der Waals surface area contributed by atoms with Gasteiger partial charge in [-0.15, -0.1) is 0 Å². The Bertz CT molecular complexity index is 1090. The van der Waals surface area contributed by atoms with Crippen molar-refractivity contribution in [1.29, 1.82) is 5.41 Å². The van der Waals surface area contributed by atoms with Crippen LogP contribution in [0.25, 0.3) is 11.0 Å². The number of carbonyl (C=O) groups is 1. The first-order valence-electron chi connectivity index (χ1n) is 7.31. The Morgan fingerprint density at radius 2 is 2.04 bits per heavy atom. The molecule has 1 amide bonds. The van der Waals surface area contributed by atoms with Crippen molar-refractivity contribution in [3.05, 3.63) is 68.7 Å². The normalized spacial score (nSPS) is 10.5. The molecule has 0 fully saturated rings. The summed E-state index contributed by atoms with van der Waals surface area (Å²) in [6, 6.07) is 9.99. The first kappa shape index (κ1) is 17.4. The molecule has 3 rings (SSSR count). The second-order valence-electron chi connectivity index (χ2n) is 5.27. The number of nitrogens with one attached hydrogen (secondary N) is 2. The first-order valence-corrected chi connectivity index (χ1v) is 7.68. The number of nitro groups is 1. The number of nitro benzene ring substituents is 1. The largest absolute Gasteiger partial charge is 0.495 e. The number of ether oxygens (including phenoxy) is 1. The van der Waals surface area contributed by atoms with E-state index in [0.29, 0.717) is 21.8 Å². The number of anilines is 1. The molecular weight excluding hydrogens is 362 g/mol. The lowest BCUT2D eigenvalue weighted by Crippen LogP contribution is -2.21. The Balaban J connectivity index is 2.02. The predicted molar refractivity (Wildman–Crippen MR) is 94.7 cm³/mol. The first-order chi connectivity index (χ1) is 12.4. The van der Waals surface area contributed by atoms with Gasteiger partial charge in [0.05, 0.1) is 17.7 Å². The summed E-state index contributed by atoms with van der Waals surface area (Å²) in [6.45, 7) is 0. The second-order valence-corrected chi connectivity index (χ2v) is 5.70. The van der Waals surface area contributed by atoms with Crippen LogP contribution in [0.4, 0.5) is 11.4 Å². The summed E-state index contributed by atoms with van der Waals surface area (Å²) in [7, 11) is 1.44. The zero-order chi connectivity index (χ0) is 18.8. The standard InChI is InChI=1S/C17H12ClN3O5/c1-25-15-4-2-10(18)8-13(15)20-17(22)12-7-9-6-11(21(23)24)3-5-14(9)26-16(12)19/h2-8,19H,1H3,(H,20,22). The van der Waals surface area contributed by atoms with E-state index in [2.05, 4.69) is 5.32 Å². The van der Waals surface area contributed by atoms with Crippen LogP contribution < -0.4 is 15.6 Å². The van der Waals surface area contributed by atoms with Crippen LogP contribution in [0.15, 0.2) is 46.9 Å². The van der Waals surface area contributed by atoms with Crippen LogP contribution >= 0.6 is 11.6 Å². The molecule has 8 nitrogen and oxygen atoms in total. The molecule has 9 heteroatoms. The number of halogens is 1. The lowest BCUT2D eigenvalue weighted by molar-refractivity contribution is -0.384. The average Bonchev–Trinajstić information content (AvgIpc) is 2.60. The molecule has 0 radical (unpaired) electrons. The van der Waals surface area contributed by atoms with Crippen molar-refractivity contribution in [3.8, 4) is 5.75 Å². The van der Waals surface area contributed by atoms with E-state index in [1.54, 1.807) is 12.1 Å². The lowest BCUT2D eigenvalue weighted by Gasteiger charge is -2.10. The summed E-state index contributed by atoms with van der Waals surface area (Å²) in [5.41, 5.74) is -0.0146. The average molecular weight is 374 g/mol. The van der Waals surface area contributed by atoms with Crippen LogP contribution in [-0.4, -0.2) is 17.9 Å². The molecule has 3 aromatic rings. The van der Waals surface area contributed by atoms with Gasteiger partial charge >= 0.3 is 0 Å². The number of fused-ring (bicyclic) bond motifs is 1. The molecule has 132 valence electrons. The van der Waals surface area contributed by atoms with Gasteiger partial charge in [0.25, 0.3) is 11.6 Å². The zero-order valence-corrected chi connectivity index (χ0v) is 14.2. The van der Waals surface area contributed by atoms with Gasteiger partial charge in [0.2, 0.25) is 5.55 Å². The van der Waals surface area contributed by atoms with Crippen LogP contribution in [-0.2, 0) is 0 Å². The molecule has 26 heavy (non-hydrogen) atoms. The van der Waals surface area contributed by atoms with Crippen molar-refractivity contribution in [2.24, 2.45) is 0 Å². The Hall–Kier alpha value is -3.39. The second kappa shape index (κ2) is 6.85. The minimum absolute atomic E-state index is 0.0833. The summed E-state index contributed by atoms with van der Waals surface area (Å²) < 4.78 is 10.5. The molecule has 0 saturated heterocycles. The third-order valence-electron chi connectivity index (χ3n) is 3.62. The summed E-state index contributed by atoms with van der Waals surface area (Å²) in [6.07, 6.45) is 0. The minimum atomic E-state index is -0.632. The van der Waals surface area contributed by atoms with E-state index < -0.39 is 10.8 Å². The van der Waals surface area contributed by atoms with Gasteiger partial charge in [-0.05, 0) is 30.3 Å². The number of hydrogen-bond acceptors (Lipinski definition) is 6. The Labute approximate surface area is 151 Å². The fourth-order valence-electron chi connectivity index (χ4n) is 2.38. The van der Waals surface area contributed by atoms with Crippen LogP contribution in [0, 0.1) is 15.5 Å². The highest BCUT2D eigenvalue weighted by atomic mass is 35.5. The molecule has 0 unspecified atom stereocenters. The van der Waals surface area contributed by atoms with E-state index in [9.17, 15) is 14.9 Å². The fraction of sp³-hybridized carbons (Fsp3) is 0.0588. The fourth-order valence-corrected chi connectivity index (χ4v) is 2.55. The topological polar surface area (TPSA) is 118 Å². The van der Waals surface area contributed by atoms with E-state index in [0.717, 1.165) is 0 Å². The molecule has 0 spiro atoms. The number of rotatable bonds is 4. The van der Waals surface area contributed by atoms with Crippen LogP contribution in [0.3, 0.4) is 0 Å². The Morgan fingerprint density at radius 1 is 1.27 bits per heavy atom. The molecule has 0 bridgehead atoms. The highest BCUT2D eigenvalue weighted by Crippen LogP contribution is 2.28. The maximum Gasteiger partial charge on any atom is 0.270 e. The number of hydrogen-bond donors (Lipinski definition) is 2.